The lowest BCUT2D eigenvalue weighted by Gasteiger charge is -2.35. The minimum atomic E-state index is -3.31. The number of hydrogen-bond donors (Lipinski definition) is 1. The van der Waals surface area contributed by atoms with Crippen LogP contribution in [0.1, 0.15) is 37.3 Å². The van der Waals surface area contributed by atoms with Crippen LogP contribution in [0.4, 0.5) is 0 Å². The summed E-state index contributed by atoms with van der Waals surface area (Å²) in [5.41, 5.74) is 0.636. The number of amides is 1. The van der Waals surface area contributed by atoms with Crippen molar-refractivity contribution in [3.05, 3.63) is 11.9 Å². The quantitative estimate of drug-likeness (QED) is 0.883. The summed E-state index contributed by atoms with van der Waals surface area (Å²) in [6.07, 6.45) is 5.85. The zero-order valence-corrected chi connectivity index (χ0v) is 14.1. The second-order valence-electron chi connectivity index (χ2n) is 6.43. The number of nitrogens with zero attached hydrogens (tertiary/aromatic N) is 2. The third kappa shape index (κ3) is 3.58. The predicted octanol–water partition coefficient (Wildman–Crippen LogP) is 0.946. The predicted molar refractivity (Wildman–Crippen MR) is 83.8 cm³/mol. The van der Waals surface area contributed by atoms with Crippen molar-refractivity contribution in [1.82, 2.24) is 15.1 Å². The first-order chi connectivity index (χ1) is 11.0. The highest BCUT2D eigenvalue weighted by atomic mass is 32.2. The molecule has 1 amide bonds. The molecule has 3 rings (SSSR count). The molecule has 0 unspecified atom stereocenters. The fourth-order valence-electron chi connectivity index (χ4n) is 3.49. The Morgan fingerprint density at radius 1 is 1.35 bits per heavy atom. The molecule has 128 valence electrons. The van der Waals surface area contributed by atoms with Gasteiger partial charge >= 0.3 is 0 Å². The molecule has 1 atom stereocenters. The van der Waals surface area contributed by atoms with Crippen LogP contribution in [-0.2, 0) is 19.4 Å². The van der Waals surface area contributed by atoms with E-state index in [1.807, 2.05) is 4.90 Å². The Morgan fingerprint density at radius 3 is 2.78 bits per heavy atom. The molecular formula is C15H23N3O4S. The van der Waals surface area contributed by atoms with E-state index in [4.69, 9.17) is 4.74 Å². The molecular weight excluding hydrogens is 318 g/mol. The van der Waals surface area contributed by atoms with Gasteiger partial charge in [0.15, 0.2) is 9.84 Å². The topological polar surface area (TPSA) is 92.4 Å². The Balaban J connectivity index is 1.74. The summed E-state index contributed by atoms with van der Waals surface area (Å²) in [5.74, 6) is 0.219. The molecule has 1 N–H and O–H groups in total. The molecule has 2 aliphatic heterocycles. The number of aromatic nitrogens is 2. The van der Waals surface area contributed by atoms with Gasteiger partial charge in [-0.1, -0.05) is 0 Å². The van der Waals surface area contributed by atoms with Crippen molar-refractivity contribution in [3.8, 4) is 0 Å². The molecule has 1 aromatic rings. The molecule has 0 radical (unpaired) electrons. The van der Waals surface area contributed by atoms with Crippen molar-refractivity contribution in [2.45, 2.75) is 36.5 Å². The summed E-state index contributed by atoms with van der Waals surface area (Å²) in [6.45, 7) is 2.59. The monoisotopic (exact) mass is 341 g/mol. The molecule has 8 heteroatoms. The summed E-state index contributed by atoms with van der Waals surface area (Å²) in [5, 5.41) is 6.73. The molecule has 0 bridgehead atoms. The van der Waals surface area contributed by atoms with Gasteiger partial charge in [-0.25, -0.2) is 8.42 Å². The van der Waals surface area contributed by atoms with E-state index in [1.54, 1.807) is 0 Å². The maximum atomic E-state index is 12.7. The van der Waals surface area contributed by atoms with Gasteiger partial charge in [0.05, 0.1) is 11.9 Å². The smallest absolute Gasteiger partial charge is 0.225 e. The molecule has 2 aliphatic rings. The Morgan fingerprint density at radius 2 is 2.09 bits per heavy atom. The van der Waals surface area contributed by atoms with Gasteiger partial charge in [0.25, 0.3) is 0 Å². The number of carbonyl (C=O) groups is 1. The summed E-state index contributed by atoms with van der Waals surface area (Å²) in [4.78, 5) is 14.8. The van der Waals surface area contributed by atoms with E-state index in [1.165, 1.54) is 12.5 Å². The van der Waals surface area contributed by atoms with Crippen LogP contribution in [0.2, 0.25) is 0 Å². The van der Waals surface area contributed by atoms with Gasteiger partial charge in [0, 0.05) is 44.4 Å². The van der Waals surface area contributed by atoms with Crippen LogP contribution in [0.3, 0.4) is 0 Å². The number of sulfone groups is 1. The number of piperidine rings is 1. The number of ether oxygens (including phenoxy) is 1. The van der Waals surface area contributed by atoms with Gasteiger partial charge in [-0.2, -0.15) is 5.10 Å². The van der Waals surface area contributed by atoms with E-state index in [0.717, 1.165) is 32.2 Å². The van der Waals surface area contributed by atoms with Crippen LogP contribution < -0.4 is 0 Å². The number of likely N-dealkylation sites (tertiary alicyclic amines) is 1. The zero-order valence-electron chi connectivity index (χ0n) is 13.3. The molecule has 0 aliphatic carbocycles. The molecule has 0 spiro atoms. The van der Waals surface area contributed by atoms with E-state index in [9.17, 15) is 13.2 Å². The fraction of sp³-hybridized carbons (Fsp3) is 0.733. The average molecular weight is 341 g/mol. The minimum Gasteiger partial charge on any atom is -0.381 e. The largest absolute Gasteiger partial charge is 0.381 e. The molecule has 2 saturated heterocycles. The lowest BCUT2D eigenvalue weighted by atomic mass is 9.92. The molecule has 7 nitrogen and oxygen atoms in total. The maximum absolute atomic E-state index is 12.7. The summed E-state index contributed by atoms with van der Waals surface area (Å²) >= 11 is 0. The molecule has 1 aromatic heterocycles. The average Bonchev–Trinajstić information content (AvgIpc) is 3.05. The SMILES string of the molecule is CS(=O)(=O)c1cn[nH]c1[C@H]1CCCN(C(=O)C2CCOCC2)C1. The second-order valence-corrected chi connectivity index (χ2v) is 8.41. The minimum absolute atomic E-state index is 0.000217. The van der Waals surface area contributed by atoms with Crippen LogP contribution in [0, 0.1) is 5.92 Å². The lowest BCUT2D eigenvalue weighted by molar-refractivity contribution is -0.139. The van der Waals surface area contributed by atoms with Crippen molar-refractivity contribution in [2.75, 3.05) is 32.6 Å². The Bertz CT molecular complexity index is 664. The number of nitrogens with one attached hydrogen (secondary N) is 1. The third-order valence-corrected chi connectivity index (χ3v) is 5.87. The van der Waals surface area contributed by atoms with E-state index in [-0.39, 0.29) is 22.6 Å². The number of rotatable bonds is 3. The van der Waals surface area contributed by atoms with Crippen LogP contribution in [0.25, 0.3) is 0 Å². The van der Waals surface area contributed by atoms with Gasteiger partial charge in [0.2, 0.25) is 5.91 Å². The van der Waals surface area contributed by atoms with Crippen molar-refractivity contribution in [1.29, 1.82) is 0 Å². The molecule has 2 fully saturated rings. The van der Waals surface area contributed by atoms with Crippen molar-refractivity contribution in [3.63, 3.8) is 0 Å². The number of hydrogen-bond acceptors (Lipinski definition) is 5. The number of aromatic amines is 1. The number of H-pyrrole nitrogens is 1. The summed E-state index contributed by atoms with van der Waals surface area (Å²) in [6, 6.07) is 0. The third-order valence-electron chi connectivity index (χ3n) is 4.74. The highest BCUT2D eigenvalue weighted by Gasteiger charge is 2.32. The first kappa shape index (κ1) is 16.4. The molecule has 23 heavy (non-hydrogen) atoms. The van der Waals surface area contributed by atoms with Crippen LogP contribution in [-0.4, -0.2) is 62.0 Å². The Kier molecular flexibility index (Phi) is 4.72. The summed E-state index contributed by atoms with van der Waals surface area (Å²) < 4.78 is 29.1. The molecule has 0 saturated carbocycles. The van der Waals surface area contributed by atoms with Crippen LogP contribution in [0.5, 0.6) is 0 Å². The van der Waals surface area contributed by atoms with E-state index < -0.39 is 9.84 Å². The van der Waals surface area contributed by atoms with E-state index >= 15 is 0 Å². The first-order valence-electron chi connectivity index (χ1n) is 8.06. The normalized spacial score (nSPS) is 23.9. The second kappa shape index (κ2) is 6.60. The van der Waals surface area contributed by atoms with Gasteiger partial charge in [-0.3, -0.25) is 9.89 Å². The Hall–Kier alpha value is -1.41. The highest BCUT2D eigenvalue weighted by molar-refractivity contribution is 7.90. The van der Waals surface area contributed by atoms with Crippen molar-refractivity contribution in [2.24, 2.45) is 5.92 Å². The maximum Gasteiger partial charge on any atom is 0.225 e. The lowest BCUT2D eigenvalue weighted by Crippen LogP contribution is -2.43. The molecule has 3 heterocycles. The molecule has 0 aromatic carbocycles. The summed E-state index contributed by atoms with van der Waals surface area (Å²) in [7, 11) is -3.31. The van der Waals surface area contributed by atoms with E-state index in [2.05, 4.69) is 10.2 Å². The fourth-order valence-corrected chi connectivity index (χ4v) is 4.34. The van der Waals surface area contributed by atoms with E-state index in [0.29, 0.717) is 25.5 Å². The van der Waals surface area contributed by atoms with Crippen molar-refractivity contribution < 1.29 is 17.9 Å². The zero-order chi connectivity index (χ0) is 16.4. The van der Waals surface area contributed by atoms with Gasteiger partial charge in [-0.05, 0) is 25.7 Å². The van der Waals surface area contributed by atoms with Gasteiger partial charge in [0.1, 0.15) is 4.90 Å². The highest BCUT2D eigenvalue weighted by Crippen LogP contribution is 2.31. The standard InChI is InChI=1S/C15H23N3O4S/c1-23(20,21)13-9-16-17-14(13)12-3-2-6-18(10-12)15(19)11-4-7-22-8-5-11/h9,11-12H,2-8,10H2,1H3,(H,16,17)/t12-/m0/s1. The van der Waals surface area contributed by atoms with Gasteiger partial charge < -0.3 is 9.64 Å². The van der Waals surface area contributed by atoms with Gasteiger partial charge in [-0.15, -0.1) is 0 Å². The Labute approximate surface area is 136 Å². The van der Waals surface area contributed by atoms with Crippen LogP contribution in [0.15, 0.2) is 11.1 Å². The van der Waals surface area contributed by atoms with Crippen LogP contribution >= 0.6 is 0 Å². The first-order valence-corrected chi connectivity index (χ1v) is 9.96. The number of carbonyl (C=O) groups excluding carboxylic acids is 1. The van der Waals surface area contributed by atoms with Crippen molar-refractivity contribution >= 4 is 15.7 Å².